The van der Waals surface area contributed by atoms with Crippen molar-refractivity contribution in [2.45, 2.75) is 45.3 Å². The number of rotatable bonds is 4. The second kappa shape index (κ2) is 5.98. The molecule has 25 heavy (non-hydrogen) atoms. The molecule has 0 aliphatic carbocycles. The van der Waals surface area contributed by atoms with Crippen LogP contribution in [-0.4, -0.2) is 60.4 Å². The van der Waals surface area contributed by atoms with Crippen LogP contribution in [0.3, 0.4) is 0 Å². The molecule has 2 fully saturated rings. The van der Waals surface area contributed by atoms with E-state index in [1.165, 1.54) is 12.0 Å². The molecule has 0 saturated carbocycles. The lowest BCUT2D eigenvalue weighted by Crippen LogP contribution is -2.60. The molecule has 2 saturated heterocycles. The van der Waals surface area contributed by atoms with Crippen molar-refractivity contribution in [3.8, 4) is 0 Å². The molecule has 2 aliphatic rings. The molecule has 4 rings (SSSR count). The molecular formula is C18H26N6O. The van der Waals surface area contributed by atoms with Crippen LogP contribution in [0.2, 0.25) is 0 Å². The molecule has 7 heteroatoms. The van der Waals surface area contributed by atoms with E-state index in [9.17, 15) is 4.79 Å². The first-order valence-corrected chi connectivity index (χ1v) is 9.07. The third-order valence-electron chi connectivity index (χ3n) is 5.69. The van der Waals surface area contributed by atoms with Gasteiger partial charge in [0, 0.05) is 57.1 Å². The molecule has 4 heterocycles. The average Bonchev–Trinajstić information content (AvgIpc) is 3.29. The molecule has 1 amide bonds. The van der Waals surface area contributed by atoms with E-state index < -0.39 is 0 Å². The summed E-state index contributed by atoms with van der Waals surface area (Å²) in [5.74, 6) is 0.118. The quantitative estimate of drug-likeness (QED) is 0.843. The van der Waals surface area contributed by atoms with E-state index in [1.54, 1.807) is 0 Å². The number of carbonyl (C=O) groups is 1. The zero-order chi connectivity index (χ0) is 17.6. The minimum absolute atomic E-state index is 0.118. The van der Waals surface area contributed by atoms with Crippen molar-refractivity contribution in [1.29, 1.82) is 0 Å². The van der Waals surface area contributed by atoms with E-state index in [-0.39, 0.29) is 11.4 Å². The van der Waals surface area contributed by atoms with E-state index in [2.05, 4.69) is 21.3 Å². The molecule has 7 nitrogen and oxygen atoms in total. The maximum absolute atomic E-state index is 13.0. The summed E-state index contributed by atoms with van der Waals surface area (Å²) in [7, 11) is 1.95. The largest absolute Gasteiger partial charge is 0.335 e. The molecule has 0 radical (unpaired) electrons. The highest BCUT2D eigenvalue weighted by molar-refractivity contribution is 5.93. The van der Waals surface area contributed by atoms with Crippen LogP contribution >= 0.6 is 0 Å². The smallest absolute Gasteiger partial charge is 0.272 e. The monoisotopic (exact) mass is 342 g/mol. The van der Waals surface area contributed by atoms with Gasteiger partial charge in [0.25, 0.3) is 5.91 Å². The summed E-state index contributed by atoms with van der Waals surface area (Å²) in [6.45, 7) is 8.36. The van der Waals surface area contributed by atoms with Crippen molar-refractivity contribution in [2.24, 2.45) is 7.05 Å². The first kappa shape index (κ1) is 16.3. The Morgan fingerprint density at radius 3 is 2.76 bits per heavy atom. The predicted molar refractivity (Wildman–Crippen MR) is 94.1 cm³/mol. The lowest BCUT2D eigenvalue weighted by atomic mass is 9.83. The van der Waals surface area contributed by atoms with E-state index in [4.69, 9.17) is 0 Å². The standard InChI is InChI=1S/C18H26N6O/c1-4-24-16(9-14(2)20-24)17(25)22-7-5-18(13-22)6-8-23(18)12-15-10-19-21(3)11-15/h9-11H,4-8,12-13H2,1-3H3. The Bertz CT molecular complexity index is 793. The third-order valence-corrected chi connectivity index (χ3v) is 5.69. The van der Waals surface area contributed by atoms with Crippen molar-refractivity contribution in [3.63, 3.8) is 0 Å². The molecule has 0 bridgehead atoms. The number of nitrogens with zero attached hydrogens (tertiary/aromatic N) is 6. The maximum atomic E-state index is 13.0. The molecule has 2 aromatic rings. The number of carbonyl (C=O) groups excluding carboxylic acids is 1. The summed E-state index contributed by atoms with van der Waals surface area (Å²) in [5.41, 5.74) is 3.01. The maximum Gasteiger partial charge on any atom is 0.272 e. The van der Waals surface area contributed by atoms with E-state index in [0.29, 0.717) is 0 Å². The third kappa shape index (κ3) is 2.76. The molecule has 1 spiro atoms. The van der Waals surface area contributed by atoms with Crippen LogP contribution in [0.15, 0.2) is 18.5 Å². The van der Waals surface area contributed by atoms with Gasteiger partial charge in [-0.3, -0.25) is 19.1 Å². The molecule has 0 aromatic carbocycles. The highest BCUT2D eigenvalue weighted by atomic mass is 16.2. The van der Waals surface area contributed by atoms with Crippen molar-refractivity contribution >= 4 is 5.91 Å². The fourth-order valence-electron chi connectivity index (χ4n) is 4.22. The Labute approximate surface area is 148 Å². The van der Waals surface area contributed by atoms with Crippen LogP contribution in [0, 0.1) is 6.92 Å². The van der Waals surface area contributed by atoms with Crippen molar-refractivity contribution in [2.75, 3.05) is 19.6 Å². The van der Waals surface area contributed by atoms with Crippen LogP contribution in [0.4, 0.5) is 0 Å². The molecule has 1 atom stereocenters. The Kier molecular flexibility index (Phi) is 3.91. The van der Waals surface area contributed by atoms with Gasteiger partial charge in [-0.05, 0) is 32.8 Å². The molecule has 1 unspecified atom stereocenters. The molecule has 2 aliphatic heterocycles. The van der Waals surface area contributed by atoms with Crippen LogP contribution in [0.1, 0.15) is 41.5 Å². The van der Waals surface area contributed by atoms with Gasteiger partial charge in [0.1, 0.15) is 5.69 Å². The van der Waals surface area contributed by atoms with Crippen LogP contribution in [-0.2, 0) is 20.1 Å². The van der Waals surface area contributed by atoms with E-state index in [0.717, 1.165) is 50.5 Å². The van der Waals surface area contributed by atoms with Gasteiger partial charge in [-0.25, -0.2) is 0 Å². The first-order chi connectivity index (χ1) is 12.0. The lowest BCUT2D eigenvalue weighted by Gasteiger charge is -2.50. The summed E-state index contributed by atoms with van der Waals surface area (Å²) in [5, 5.41) is 8.68. The number of likely N-dealkylation sites (tertiary alicyclic amines) is 2. The first-order valence-electron chi connectivity index (χ1n) is 9.07. The minimum atomic E-state index is 0.118. The van der Waals surface area contributed by atoms with Crippen molar-refractivity contribution < 1.29 is 4.79 Å². The van der Waals surface area contributed by atoms with Gasteiger partial charge >= 0.3 is 0 Å². The summed E-state index contributed by atoms with van der Waals surface area (Å²) in [6.07, 6.45) is 6.24. The normalized spacial score (nSPS) is 23.4. The van der Waals surface area contributed by atoms with Gasteiger partial charge < -0.3 is 4.90 Å². The summed E-state index contributed by atoms with van der Waals surface area (Å²) in [6, 6.07) is 1.91. The average molecular weight is 342 g/mol. The predicted octanol–water partition coefficient (Wildman–Crippen LogP) is 1.44. The van der Waals surface area contributed by atoms with Crippen molar-refractivity contribution in [1.82, 2.24) is 29.4 Å². The summed E-state index contributed by atoms with van der Waals surface area (Å²) < 4.78 is 3.66. The fraction of sp³-hybridized carbons (Fsp3) is 0.611. The van der Waals surface area contributed by atoms with Gasteiger partial charge in [-0.2, -0.15) is 10.2 Å². The Hall–Kier alpha value is -2.15. The molecule has 2 aromatic heterocycles. The lowest BCUT2D eigenvalue weighted by molar-refractivity contribution is -0.0132. The van der Waals surface area contributed by atoms with Crippen LogP contribution in [0.5, 0.6) is 0 Å². The fourth-order valence-corrected chi connectivity index (χ4v) is 4.22. The van der Waals surface area contributed by atoms with Gasteiger partial charge in [0.05, 0.1) is 11.9 Å². The second-order valence-corrected chi connectivity index (χ2v) is 7.38. The Morgan fingerprint density at radius 1 is 1.32 bits per heavy atom. The van der Waals surface area contributed by atoms with Crippen molar-refractivity contribution in [3.05, 3.63) is 35.4 Å². The van der Waals surface area contributed by atoms with Gasteiger partial charge in [0.2, 0.25) is 0 Å². The number of hydrogen-bond acceptors (Lipinski definition) is 4. The topological polar surface area (TPSA) is 59.2 Å². The molecule has 134 valence electrons. The SMILES string of the molecule is CCn1nc(C)cc1C(=O)N1CCC2(CCN2Cc2cnn(C)c2)C1. The molecular weight excluding hydrogens is 316 g/mol. The van der Waals surface area contributed by atoms with Gasteiger partial charge in [0.15, 0.2) is 0 Å². The van der Waals surface area contributed by atoms with E-state index >= 15 is 0 Å². The van der Waals surface area contributed by atoms with E-state index in [1.807, 2.05) is 47.4 Å². The Morgan fingerprint density at radius 2 is 2.12 bits per heavy atom. The highest BCUT2D eigenvalue weighted by Crippen LogP contribution is 2.40. The summed E-state index contributed by atoms with van der Waals surface area (Å²) >= 11 is 0. The van der Waals surface area contributed by atoms with Gasteiger partial charge in [-0.15, -0.1) is 0 Å². The van der Waals surface area contributed by atoms with Gasteiger partial charge in [-0.1, -0.05) is 0 Å². The minimum Gasteiger partial charge on any atom is -0.335 e. The number of hydrogen-bond donors (Lipinski definition) is 0. The zero-order valence-corrected chi connectivity index (χ0v) is 15.3. The molecule has 0 N–H and O–H groups in total. The number of aromatic nitrogens is 4. The van der Waals surface area contributed by atoms with Crippen LogP contribution in [0.25, 0.3) is 0 Å². The second-order valence-electron chi connectivity index (χ2n) is 7.38. The zero-order valence-electron chi connectivity index (χ0n) is 15.3. The van der Waals surface area contributed by atoms with Crippen LogP contribution < -0.4 is 0 Å². The number of amides is 1. The summed E-state index contributed by atoms with van der Waals surface area (Å²) in [4.78, 5) is 17.5. The Balaban J connectivity index is 1.46. The highest BCUT2D eigenvalue weighted by Gasteiger charge is 2.50. The number of aryl methyl sites for hydroxylation is 3.